The Hall–Kier alpha value is -0.583. The van der Waals surface area contributed by atoms with Gasteiger partial charge >= 0.3 is 0 Å². The normalized spacial score (nSPS) is 19.9. The quantitative estimate of drug-likeness (QED) is 0.602. The molecular formula is C14H25NO2Si. The number of hydrogen-bond donors (Lipinski definition) is 0. The summed E-state index contributed by atoms with van der Waals surface area (Å²) in [6, 6.07) is 3.43. The van der Waals surface area contributed by atoms with Crippen molar-refractivity contribution in [1.29, 1.82) is 0 Å². The van der Waals surface area contributed by atoms with Crippen LogP contribution in [-0.4, -0.2) is 25.9 Å². The second-order valence-corrected chi connectivity index (χ2v) is 11.9. The molecule has 0 radical (unpaired) electrons. The Balaban J connectivity index is 1.89. The van der Waals surface area contributed by atoms with Crippen LogP contribution in [0.1, 0.15) is 24.3 Å². The van der Waals surface area contributed by atoms with E-state index in [1.807, 2.05) is 0 Å². The van der Waals surface area contributed by atoms with Gasteiger partial charge in [-0.05, 0) is 31.0 Å². The largest absolute Gasteiger partial charge is 0.372 e. The lowest BCUT2D eigenvalue weighted by Gasteiger charge is -2.23. The summed E-state index contributed by atoms with van der Waals surface area (Å²) in [4.78, 5) is 0. The SMILES string of the molecule is CC1OCCc2ccn(COCC[Si](C)(C)C)c21. The summed E-state index contributed by atoms with van der Waals surface area (Å²) in [7, 11) is -0.980. The first kappa shape index (κ1) is 13.8. The fourth-order valence-electron chi connectivity index (χ4n) is 2.31. The van der Waals surface area contributed by atoms with E-state index in [0.29, 0.717) is 6.73 Å². The van der Waals surface area contributed by atoms with Crippen LogP contribution in [0.2, 0.25) is 25.7 Å². The van der Waals surface area contributed by atoms with Crippen LogP contribution in [0.4, 0.5) is 0 Å². The zero-order valence-corrected chi connectivity index (χ0v) is 13.0. The van der Waals surface area contributed by atoms with Crippen molar-refractivity contribution < 1.29 is 9.47 Å². The summed E-state index contributed by atoms with van der Waals surface area (Å²) in [6.07, 6.45) is 3.36. The molecule has 3 nitrogen and oxygen atoms in total. The number of hydrogen-bond acceptors (Lipinski definition) is 2. The van der Waals surface area contributed by atoms with E-state index in [-0.39, 0.29) is 6.10 Å². The number of nitrogens with zero attached hydrogens (tertiary/aromatic N) is 1. The van der Waals surface area contributed by atoms with Crippen molar-refractivity contribution in [2.45, 2.75) is 51.9 Å². The molecule has 0 saturated carbocycles. The highest BCUT2D eigenvalue weighted by molar-refractivity contribution is 6.76. The zero-order chi connectivity index (χ0) is 13.2. The molecule has 0 aliphatic carbocycles. The lowest BCUT2D eigenvalue weighted by molar-refractivity contribution is 0.0359. The van der Waals surface area contributed by atoms with E-state index in [2.05, 4.69) is 43.4 Å². The maximum Gasteiger partial charge on any atom is 0.122 e. The van der Waals surface area contributed by atoms with Gasteiger partial charge in [-0.3, -0.25) is 0 Å². The van der Waals surface area contributed by atoms with Crippen LogP contribution in [0.15, 0.2) is 12.3 Å². The molecule has 0 saturated heterocycles. The second kappa shape index (κ2) is 5.59. The van der Waals surface area contributed by atoms with Crippen LogP contribution in [0.5, 0.6) is 0 Å². The molecule has 18 heavy (non-hydrogen) atoms. The third kappa shape index (κ3) is 3.46. The molecule has 1 aliphatic rings. The molecule has 1 aromatic rings. The van der Waals surface area contributed by atoms with E-state index in [9.17, 15) is 0 Å². The van der Waals surface area contributed by atoms with Crippen LogP contribution in [0.25, 0.3) is 0 Å². The summed E-state index contributed by atoms with van der Waals surface area (Å²) in [5.74, 6) is 0. The van der Waals surface area contributed by atoms with Gasteiger partial charge in [0.1, 0.15) is 6.73 Å². The van der Waals surface area contributed by atoms with E-state index in [4.69, 9.17) is 9.47 Å². The predicted molar refractivity (Wildman–Crippen MR) is 76.6 cm³/mol. The molecule has 1 aromatic heterocycles. The summed E-state index contributed by atoms with van der Waals surface area (Å²) in [6.45, 7) is 11.6. The first-order valence-corrected chi connectivity index (χ1v) is 10.6. The maximum atomic E-state index is 5.81. The van der Waals surface area contributed by atoms with Crippen molar-refractivity contribution in [2.75, 3.05) is 13.2 Å². The highest BCUT2D eigenvalue weighted by atomic mass is 28.3. The monoisotopic (exact) mass is 267 g/mol. The summed E-state index contributed by atoms with van der Waals surface area (Å²) < 4.78 is 13.7. The average Bonchev–Trinajstić information content (AvgIpc) is 2.68. The summed E-state index contributed by atoms with van der Waals surface area (Å²) >= 11 is 0. The van der Waals surface area contributed by atoms with Crippen molar-refractivity contribution in [3.05, 3.63) is 23.5 Å². The standard InChI is InChI=1S/C14H25NO2Si/c1-12-14-13(6-8-17-12)5-7-15(14)11-16-9-10-18(2,3)4/h5,7,12H,6,8-11H2,1-4H3. The topological polar surface area (TPSA) is 23.4 Å². The molecule has 1 aliphatic heterocycles. The Bertz CT molecular complexity index is 395. The van der Waals surface area contributed by atoms with Gasteiger partial charge in [-0.25, -0.2) is 0 Å². The highest BCUT2D eigenvalue weighted by Crippen LogP contribution is 2.27. The molecule has 0 N–H and O–H groups in total. The van der Waals surface area contributed by atoms with Crippen LogP contribution in [0, 0.1) is 0 Å². The van der Waals surface area contributed by atoms with Crippen LogP contribution in [-0.2, 0) is 22.6 Å². The molecule has 2 rings (SSSR count). The Labute approximate surface area is 111 Å². The van der Waals surface area contributed by atoms with E-state index in [0.717, 1.165) is 19.6 Å². The number of ether oxygens (including phenoxy) is 2. The van der Waals surface area contributed by atoms with E-state index < -0.39 is 8.07 Å². The Kier molecular flexibility index (Phi) is 4.30. The van der Waals surface area contributed by atoms with Gasteiger partial charge in [0, 0.05) is 20.9 Å². The minimum atomic E-state index is -0.980. The minimum absolute atomic E-state index is 0.198. The molecule has 102 valence electrons. The fraction of sp³-hybridized carbons (Fsp3) is 0.714. The van der Waals surface area contributed by atoms with Crippen molar-refractivity contribution in [3.8, 4) is 0 Å². The van der Waals surface area contributed by atoms with Gasteiger partial charge in [0.05, 0.1) is 18.4 Å². The van der Waals surface area contributed by atoms with Crippen LogP contribution < -0.4 is 0 Å². The third-order valence-electron chi connectivity index (χ3n) is 3.45. The van der Waals surface area contributed by atoms with Gasteiger partial charge in [-0.1, -0.05) is 19.6 Å². The molecule has 1 atom stereocenters. The summed E-state index contributed by atoms with van der Waals surface area (Å²) in [5.41, 5.74) is 2.72. The van der Waals surface area contributed by atoms with E-state index in [1.165, 1.54) is 17.3 Å². The molecule has 0 fully saturated rings. The molecule has 0 amide bonds. The lowest BCUT2D eigenvalue weighted by atomic mass is 10.1. The predicted octanol–water partition coefficient (Wildman–Crippen LogP) is 3.43. The van der Waals surface area contributed by atoms with Crippen molar-refractivity contribution in [3.63, 3.8) is 0 Å². The molecule has 0 aromatic carbocycles. The zero-order valence-electron chi connectivity index (χ0n) is 12.0. The van der Waals surface area contributed by atoms with Crippen molar-refractivity contribution in [2.24, 2.45) is 0 Å². The highest BCUT2D eigenvalue weighted by Gasteiger charge is 2.21. The van der Waals surface area contributed by atoms with Gasteiger partial charge in [0.2, 0.25) is 0 Å². The first-order valence-electron chi connectivity index (χ1n) is 6.84. The molecule has 1 unspecified atom stereocenters. The van der Waals surface area contributed by atoms with Gasteiger partial charge in [-0.2, -0.15) is 0 Å². The number of fused-ring (bicyclic) bond motifs is 1. The van der Waals surface area contributed by atoms with Gasteiger partial charge in [0.15, 0.2) is 0 Å². The molecule has 2 heterocycles. The van der Waals surface area contributed by atoms with Crippen LogP contribution >= 0.6 is 0 Å². The average molecular weight is 267 g/mol. The molecular weight excluding hydrogens is 242 g/mol. The maximum absolute atomic E-state index is 5.81. The molecule has 4 heteroatoms. The van der Waals surface area contributed by atoms with E-state index in [1.54, 1.807) is 0 Å². The number of aromatic nitrogens is 1. The van der Waals surface area contributed by atoms with Gasteiger partial charge < -0.3 is 14.0 Å². The van der Waals surface area contributed by atoms with Crippen molar-refractivity contribution in [1.82, 2.24) is 4.57 Å². The first-order chi connectivity index (χ1) is 8.47. The van der Waals surface area contributed by atoms with Gasteiger partial charge in [0.25, 0.3) is 0 Å². The molecule has 0 bridgehead atoms. The summed E-state index contributed by atoms with van der Waals surface area (Å²) in [5, 5.41) is 0. The van der Waals surface area contributed by atoms with E-state index >= 15 is 0 Å². The fourth-order valence-corrected chi connectivity index (χ4v) is 3.07. The van der Waals surface area contributed by atoms with Gasteiger partial charge in [-0.15, -0.1) is 0 Å². The molecule has 0 spiro atoms. The third-order valence-corrected chi connectivity index (χ3v) is 5.15. The van der Waals surface area contributed by atoms with Crippen LogP contribution in [0.3, 0.4) is 0 Å². The lowest BCUT2D eigenvalue weighted by Crippen LogP contribution is -2.22. The Morgan fingerprint density at radius 3 is 2.94 bits per heavy atom. The Morgan fingerprint density at radius 2 is 2.22 bits per heavy atom. The van der Waals surface area contributed by atoms with Crippen molar-refractivity contribution >= 4 is 8.07 Å². The Morgan fingerprint density at radius 1 is 1.44 bits per heavy atom. The smallest absolute Gasteiger partial charge is 0.122 e. The second-order valence-electron chi connectivity index (χ2n) is 6.31. The number of rotatable bonds is 5. The minimum Gasteiger partial charge on any atom is -0.372 e.